The summed E-state index contributed by atoms with van der Waals surface area (Å²) in [7, 11) is 0. The zero-order valence-electron chi connectivity index (χ0n) is 15.2. The number of aromatic amines is 2. The molecule has 0 atom stereocenters. The lowest BCUT2D eigenvalue weighted by Gasteiger charge is -1.94. The predicted molar refractivity (Wildman–Crippen MR) is 106 cm³/mol. The molecule has 0 saturated carbocycles. The zero-order valence-corrected chi connectivity index (χ0v) is 15.2. The van der Waals surface area contributed by atoms with Crippen molar-refractivity contribution in [2.75, 3.05) is 0 Å². The normalized spacial score (nSPS) is 10.4. The largest absolute Gasteiger partial charge is 0.390 e. The fourth-order valence-electron chi connectivity index (χ4n) is 2.62. The van der Waals surface area contributed by atoms with E-state index in [9.17, 15) is 0 Å². The summed E-state index contributed by atoms with van der Waals surface area (Å²) in [6.45, 7) is -0.311. The maximum Gasteiger partial charge on any atom is 0.137 e. The third-order valence-electron chi connectivity index (χ3n) is 4.07. The summed E-state index contributed by atoms with van der Waals surface area (Å²) in [5.41, 5.74) is 3.76. The van der Waals surface area contributed by atoms with Crippen LogP contribution in [-0.4, -0.2) is 35.3 Å². The molecule has 0 radical (unpaired) electrons. The van der Waals surface area contributed by atoms with Gasteiger partial charge in [-0.05, 0) is 0 Å². The highest BCUT2D eigenvalue weighted by Gasteiger charge is 2.09. The molecule has 7 heteroatoms. The van der Waals surface area contributed by atoms with Crippen LogP contribution in [0.5, 0.6) is 0 Å². The maximum atomic E-state index is 9.03. The first-order valence-electron chi connectivity index (χ1n) is 8.80. The van der Waals surface area contributed by atoms with Gasteiger partial charge in [0.05, 0.1) is 43.1 Å². The Kier molecular flexibility index (Phi) is 6.69. The number of hydrogen-bond donors (Lipinski definition) is 5. The van der Waals surface area contributed by atoms with E-state index in [1.165, 1.54) is 0 Å². The van der Waals surface area contributed by atoms with Crippen molar-refractivity contribution in [3.63, 3.8) is 0 Å². The van der Waals surface area contributed by atoms with Crippen LogP contribution in [0.2, 0.25) is 0 Å². The Morgan fingerprint density at radius 3 is 1.75 bits per heavy atom. The van der Waals surface area contributed by atoms with Gasteiger partial charge in [-0.3, -0.25) is 0 Å². The molecule has 0 aliphatic rings. The monoisotopic (exact) mass is 378 g/mol. The second-order valence-electron chi connectivity index (χ2n) is 5.97. The molecule has 4 rings (SSSR count). The van der Waals surface area contributed by atoms with E-state index in [1.807, 2.05) is 60.7 Å². The minimum Gasteiger partial charge on any atom is -0.390 e. The number of hydrogen-bond acceptors (Lipinski definition) is 5. The molecule has 2 aromatic carbocycles. The van der Waals surface area contributed by atoms with Gasteiger partial charge < -0.3 is 25.3 Å². The van der Waals surface area contributed by atoms with Crippen LogP contribution in [0.15, 0.2) is 66.9 Å². The quantitative estimate of drug-likeness (QED) is 0.366. The molecule has 4 aromatic rings. The Bertz CT molecular complexity index is 960. The number of imidazole rings is 2. The SMILES string of the molecule is OCc1cnc(-c2ccccc2)[nH]1.OCc1nc(-c2ccccc2)[nH]c1CO. The summed E-state index contributed by atoms with van der Waals surface area (Å²) in [6.07, 6.45) is 1.64. The molecule has 5 N–H and O–H groups in total. The molecule has 144 valence electrons. The van der Waals surface area contributed by atoms with Gasteiger partial charge in [-0.1, -0.05) is 60.7 Å². The van der Waals surface area contributed by atoms with Crippen molar-refractivity contribution in [2.45, 2.75) is 19.8 Å². The molecule has 2 heterocycles. The second-order valence-corrected chi connectivity index (χ2v) is 5.97. The molecule has 0 bridgehead atoms. The molecule has 0 spiro atoms. The van der Waals surface area contributed by atoms with Crippen LogP contribution in [0, 0.1) is 0 Å². The van der Waals surface area contributed by atoms with E-state index in [1.54, 1.807) is 6.20 Å². The van der Waals surface area contributed by atoms with Crippen LogP contribution in [0.25, 0.3) is 22.8 Å². The third-order valence-corrected chi connectivity index (χ3v) is 4.07. The highest BCUT2D eigenvalue weighted by atomic mass is 16.3. The Morgan fingerprint density at radius 1 is 0.679 bits per heavy atom. The van der Waals surface area contributed by atoms with E-state index in [0.717, 1.165) is 22.6 Å². The molecule has 7 nitrogen and oxygen atoms in total. The minimum absolute atomic E-state index is 0.000165. The Morgan fingerprint density at radius 2 is 1.29 bits per heavy atom. The first kappa shape index (κ1) is 19.5. The van der Waals surface area contributed by atoms with Gasteiger partial charge in [0.25, 0.3) is 0 Å². The van der Waals surface area contributed by atoms with E-state index in [2.05, 4.69) is 19.9 Å². The fourth-order valence-corrected chi connectivity index (χ4v) is 2.62. The highest BCUT2D eigenvalue weighted by molar-refractivity contribution is 5.56. The average molecular weight is 378 g/mol. The van der Waals surface area contributed by atoms with Crippen molar-refractivity contribution >= 4 is 0 Å². The maximum absolute atomic E-state index is 9.03. The van der Waals surface area contributed by atoms with Crippen LogP contribution in [0.4, 0.5) is 0 Å². The average Bonchev–Trinajstić information content (AvgIpc) is 3.42. The van der Waals surface area contributed by atoms with Crippen molar-refractivity contribution in [1.29, 1.82) is 0 Å². The van der Waals surface area contributed by atoms with Gasteiger partial charge in [-0.25, -0.2) is 9.97 Å². The highest BCUT2D eigenvalue weighted by Crippen LogP contribution is 2.18. The van der Waals surface area contributed by atoms with Crippen molar-refractivity contribution in [2.24, 2.45) is 0 Å². The smallest absolute Gasteiger partial charge is 0.137 e. The van der Waals surface area contributed by atoms with Gasteiger partial charge in [0, 0.05) is 11.1 Å². The van der Waals surface area contributed by atoms with E-state index in [0.29, 0.717) is 17.2 Å². The lowest BCUT2D eigenvalue weighted by atomic mass is 10.2. The summed E-state index contributed by atoms with van der Waals surface area (Å²) in [5.74, 6) is 1.47. The summed E-state index contributed by atoms with van der Waals surface area (Å²) in [6, 6.07) is 19.4. The van der Waals surface area contributed by atoms with Crippen LogP contribution in [0.1, 0.15) is 17.1 Å². The molecule has 0 amide bonds. The Hall–Kier alpha value is -3.26. The molecular weight excluding hydrogens is 356 g/mol. The van der Waals surface area contributed by atoms with Gasteiger partial charge in [-0.15, -0.1) is 0 Å². The molecule has 28 heavy (non-hydrogen) atoms. The van der Waals surface area contributed by atoms with Gasteiger partial charge in [0.15, 0.2) is 0 Å². The molecule has 0 saturated heterocycles. The molecule has 0 unspecified atom stereocenters. The predicted octanol–water partition coefficient (Wildman–Crippen LogP) is 2.63. The van der Waals surface area contributed by atoms with Crippen LogP contribution in [0.3, 0.4) is 0 Å². The fraction of sp³-hybridized carbons (Fsp3) is 0.143. The molecule has 2 aromatic heterocycles. The Balaban J connectivity index is 0.000000162. The van der Waals surface area contributed by atoms with Crippen molar-refractivity contribution in [3.05, 3.63) is 83.9 Å². The zero-order chi connectivity index (χ0) is 19.8. The van der Waals surface area contributed by atoms with E-state index in [4.69, 9.17) is 15.3 Å². The number of benzene rings is 2. The molecular formula is C21H22N4O3. The van der Waals surface area contributed by atoms with Crippen LogP contribution >= 0.6 is 0 Å². The number of aliphatic hydroxyl groups excluding tert-OH is 3. The van der Waals surface area contributed by atoms with Crippen LogP contribution < -0.4 is 0 Å². The second kappa shape index (κ2) is 9.61. The topological polar surface area (TPSA) is 118 Å². The summed E-state index contributed by atoms with van der Waals surface area (Å²) < 4.78 is 0. The van der Waals surface area contributed by atoms with Gasteiger partial charge in [0.1, 0.15) is 11.6 Å². The van der Waals surface area contributed by atoms with E-state index < -0.39 is 0 Å². The number of nitrogens with zero attached hydrogens (tertiary/aromatic N) is 2. The number of aliphatic hydroxyl groups is 3. The standard InChI is InChI=1S/C11H12N2O2.C10H10N2O/c14-6-9-10(7-15)13-11(12-9)8-4-2-1-3-5-8;13-7-9-6-11-10(12-9)8-4-2-1-3-5-8/h1-5,14-15H,6-7H2,(H,12,13);1-6,13H,7H2,(H,11,12). The first-order valence-corrected chi connectivity index (χ1v) is 8.80. The Labute approximate surface area is 162 Å². The lowest BCUT2D eigenvalue weighted by molar-refractivity contribution is 0.255. The van der Waals surface area contributed by atoms with E-state index >= 15 is 0 Å². The van der Waals surface area contributed by atoms with Gasteiger partial charge >= 0.3 is 0 Å². The summed E-state index contributed by atoms with van der Waals surface area (Å²) in [5, 5.41) is 26.9. The minimum atomic E-state index is -0.167. The van der Waals surface area contributed by atoms with Crippen LogP contribution in [-0.2, 0) is 19.8 Å². The first-order chi connectivity index (χ1) is 13.7. The summed E-state index contributed by atoms with van der Waals surface area (Å²) in [4.78, 5) is 14.3. The van der Waals surface area contributed by atoms with Gasteiger partial charge in [-0.2, -0.15) is 0 Å². The molecule has 0 aliphatic heterocycles. The number of aromatic nitrogens is 4. The molecule has 0 aliphatic carbocycles. The lowest BCUT2D eigenvalue weighted by Crippen LogP contribution is -1.91. The number of rotatable bonds is 5. The van der Waals surface area contributed by atoms with Gasteiger partial charge in [0.2, 0.25) is 0 Å². The number of H-pyrrole nitrogens is 2. The van der Waals surface area contributed by atoms with E-state index in [-0.39, 0.29) is 19.8 Å². The van der Waals surface area contributed by atoms with Crippen molar-refractivity contribution in [1.82, 2.24) is 19.9 Å². The third kappa shape index (κ3) is 4.72. The van der Waals surface area contributed by atoms with Crippen molar-refractivity contribution < 1.29 is 15.3 Å². The summed E-state index contributed by atoms with van der Waals surface area (Å²) >= 11 is 0. The van der Waals surface area contributed by atoms with Crippen molar-refractivity contribution in [3.8, 4) is 22.8 Å². The number of nitrogens with one attached hydrogen (secondary N) is 2. The molecule has 0 fully saturated rings.